The van der Waals surface area contributed by atoms with Gasteiger partial charge in [-0.05, 0) is 28.1 Å². The minimum absolute atomic E-state index is 0.986. The van der Waals surface area contributed by atoms with Crippen LogP contribution in [-0.4, -0.2) is 45.5 Å². The highest BCUT2D eigenvalue weighted by atomic mass is 79.9. The Morgan fingerprint density at radius 1 is 1.18 bits per heavy atom. The largest absolute Gasteiger partial charge is 0.354 e. The van der Waals surface area contributed by atoms with Crippen molar-refractivity contribution in [2.45, 2.75) is 0 Å². The lowest BCUT2D eigenvalue weighted by molar-refractivity contribution is 0.585. The van der Waals surface area contributed by atoms with Crippen LogP contribution in [0, 0.1) is 0 Å². The highest BCUT2D eigenvalue weighted by molar-refractivity contribution is 9.10. The van der Waals surface area contributed by atoms with Crippen LogP contribution in [0.2, 0.25) is 0 Å². The summed E-state index contributed by atoms with van der Waals surface area (Å²) in [5, 5.41) is 7.61. The lowest BCUT2D eigenvalue weighted by atomic mass is 10.3. The van der Waals surface area contributed by atoms with Gasteiger partial charge in [0.1, 0.15) is 11.3 Å². The minimum Gasteiger partial charge on any atom is -0.354 e. The third kappa shape index (κ3) is 2.30. The summed E-state index contributed by atoms with van der Waals surface area (Å²) in [5.74, 6) is 1.04. The number of nitrogens with zero attached hydrogens (tertiary/aromatic N) is 5. The van der Waals surface area contributed by atoms with E-state index in [-0.39, 0.29) is 0 Å². The Balaban J connectivity index is 1.79. The molecule has 1 fully saturated rings. The molecule has 0 aromatic carbocycles. The minimum atomic E-state index is 0.986. The van der Waals surface area contributed by atoms with Gasteiger partial charge in [0, 0.05) is 45.6 Å². The molecule has 4 rings (SSSR count). The van der Waals surface area contributed by atoms with Gasteiger partial charge in [-0.2, -0.15) is 5.10 Å². The van der Waals surface area contributed by atoms with Crippen LogP contribution in [0.25, 0.3) is 16.7 Å². The van der Waals surface area contributed by atoms with Crippen molar-refractivity contribution in [2.24, 2.45) is 7.05 Å². The molecule has 0 saturated carbocycles. The van der Waals surface area contributed by atoms with Crippen LogP contribution in [0.4, 0.5) is 5.82 Å². The first-order chi connectivity index (χ1) is 10.7. The summed E-state index contributed by atoms with van der Waals surface area (Å²) >= 11 is 3.64. The fourth-order valence-electron chi connectivity index (χ4n) is 2.87. The van der Waals surface area contributed by atoms with Gasteiger partial charge in [-0.25, -0.2) is 4.98 Å². The number of rotatable bonds is 2. The first-order valence-corrected chi connectivity index (χ1v) is 8.14. The van der Waals surface area contributed by atoms with Crippen molar-refractivity contribution in [1.82, 2.24) is 24.6 Å². The zero-order valence-electron chi connectivity index (χ0n) is 12.3. The van der Waals surface area contributed by atoms with Gasteiger partial charge >= 0.3 is 0 Å². The van der Waals surface area contributed by atoms with E-state index in [9.17, 15) is 0 Å². The predicted molar refractivity (Wildman–Crippen MR) is 90.6 cm³/mol. The molecule has 1 N–H and O–H groups in total. The van der Waals surface area contributed by atoms with Crippen LogP contribution in [0.1, 0.15) is 0 Å². The van der Waals surface area contributed by atoms with Crippen molar-refractivity contribution >= 4 is 32.8 Å². The van der Waals surface area contributed by atoms with Crippen molar-refractivity contribution in [3.8, 4) is 5.69 Å². The number of halogens is 1. The van der Waals surface area contributed by atoms with Gasteiger partial charge < -0.3 is 14.8 Å². The molecule has 3 aromatic heterocycles. The Bertz CT molecular complexity index is 815. The van der Waals surface area contributed by atoms with Gasteiger partial charge in [0.2, 0.25) is 0 Å². The van der Waals surface area contributed by atoms with E-state index in [0.717, 1.165) is 53.2 Å². The third-order valence-corrected chi connectivity index (χ3v) is 4.58. The van der Waals surface area contributed by atoms with Crippen LogP contribution in [0.3, 0.4) is 0 Å². The molecule has 0 amide bonds. The van der Waals surface area contributed by atoms with E-state index in [1.807, 2.05) is 19.4 Å². The van der Waals surface area contributed by atoms with Crippen LogP contribution in [0.15, 0.2) is 35.2 Å². The molecule has 114 valence electrons. The van der Waals surface area contributed by atoms with E-state index in [1.54, 1.807) is 4.68 Å². The molecule has 1 saturated heterocycles. The highest BCUT2D eigenvalue weighted by Crippen LogP contribution is 2.29. The smallest absolute Gasteiger partial charge is 0.129 e. The normalized spacial score (nSPS) is 15.6. The van der Waals surface area contributed by atoms with Crippen LogP contribution in [-0.2, 0) is 7.05 Å². The van der Waals surface area contributed by atoms with Crippen LogP contribution < -0.4 is 10.2 Å². The van der Waals surface area contributed by atoms with Gasteiger partial charge in [-0.3, -0.25) is 4.68 Å². The van der Waals surface area contributed by atoms with E-state index in [4.69, 9.17) is 4.98 Å². The molecule has 0 spiro atoms. The van der Waals surface area contributed by atoms with Crippen LogP contribution in [0.5, 0.6) is 0 Å². The van der Waals surface area contributed by atoms with E-state index >= 15 is 0 Å². The Labute approximate surface area is 136 Å². The quantitative estimate of drug-likeness (QED) is 0.758. The first kappa shape index (κ1) is 13.8. The molecule has 0 bridgehead atoms. The van der Waals surface area contributed by atoms with Crippen molar-refractivity contribution in [2.75, 3.05) is 31.1 Å². The van der Waals surface area contributed by atoms with Crippen molar-refractivity contribution in [1.29, 1.82) is 0 Å². The zero-order valence-corrected chi connectivity index (χ0v) is 13.9. The lowest BCUT2D eigenvalue weighted by Crippen LogP contribution is -2.43. The average Bonchev–Trinajstić information content (AvgIpc) is 3.12. The molecule has 0 aliphatic carbocycles. The Kier molecular flexibility index (Phi) is 3.38. The van der Waals surface area contributed by atoms with Gasteiger partial charge in [0.15, 0.2) is 0 Å². The summed E-state index contributed by atoms with van der Waals surface area (Å²) in [6.07, 6.45) is 5.91. The van der Waals surface area contributed by atoms with Crippen molar-refractivity contribution in [3.05, 3.63) is 35.2 Å². The molecular formula is C15H17BrN6. The maximum absolute atomic E-state index is 4.85. The second-order valence-corrected chi connectivity index (χ2v) is 6.35. The van der Waals surface area contributed by atoms with Crippen molar-refractivity contribution in [3.63, 3.8) is 0 Å². The molecule has 3 aromatic rings. The molecule has 1 aliphatic heterocycles. The summed E-state index contributed by atoms with van der Waals surface area (Å²) in [6.45, 7) is 4.02. The first-order valence-electron chi connectivity index (χ1n) is 7.35. The topological polar surface area (TPSA) is 50.9 Å². The van der Waals surface area contributed by atoms with Crippen LogP contribution >= 0.6 is 15.9 Å². The van der Waals surface area contributed by atoms with Gasteiger partial charge in [-0.15, -0.1) is 0 Å². The number of hydrogen-bond acceptors (Lipinski definition) is 4. The number of pyridine rings is 1. The predicted octanol–water partition coefficient (Wildman–Crippen LogP) is 1.93. The molecule has 6 nitrogen and oxygen atoms in total. The molecule has 1 aliphatic rings. The highest BCUT2D eigenvalue weighted by Gasteiger charge is 2.15. The second kappa shape index (κ2) is 5.40. The number of piperazine rings is 1. The maximum Gasteiger partial charge on any atom is 0.129 e. The third-order valence-electron chi connectivity index (χ3n) is 4.00. The number of fused-ring (bicyclic) bond motifs is 1. The summed E-state index contributed by atoms with van der Waals surface area (Å²) in [5.41, 5.74) is 3.11. The molecule has 0 atom stereocenters. The summed E-state index contributed by atoms with van der Waals surface area (Å²) < 4.78 is 4.92. The van der Waals surface area contributed by atoms with E-state index in [2.05, 4.69) is 54.1 Å². The lowest BCUT2D eigenvalue weighted by Gasteiger charge is -2.28. The fraction of sp³-hybridized carbons (Fsp3) is 0.333. The number of anilines is 1. The Hall–Kier alpha value is -1.86. The number of nitrogens with one attached hydrogen (secondary N) is 1. The average molecular weight is 361 g/mol. The zero-order chi connectivity index (χ0) is 15.1. The van der Waals surface area contributed by atoms with E-state index < -0.39 is 0 Å². The Morgan fingerprint density at radius 3 is 2.73 bits per heavy atom. The molecule has 4 heterocycles. The van der Waals surface area contributed by atoms with Gasteiger partial charge in [0.05, 0.1) is 21.9 Å². The van der Waals surface area contributed by atoms with Gasteiger partial charge in [-0.1, -0.05) is 0 Å². The maximum atomic E-state index is 4.85. The number of hydrogen-bond donors (Lipinski definition) is 1. The molecule has 7 heteroatoms. The molecule has 0 unspecified atom stereocenters. The molecule has 0 radical (unpaired) electrons. The monoisotopic (exact) mass is 360 g/mol. The van der Waals surface area contributed by atoms with E-state index in [1.165, 1.54) is 0 Å². The van der Waals surface area contributed by atoms with Gasteiger partial charge in [0.25, 0.3) is 0 Å². The number of aryl methyl sites for hydroxylation is 1. The Morgan fingerprint density at radius 2 is 2.00 bits per heavy atom. The molecule has 22 heavy (non-hydrogen) atoms. The second-order valence-electron chi connectivity index (χ2n) is 5.49. The summed E-state index contributed by atoms with van der Waals surface area (Å²) in [4.78, 5) is 7.18. The summed E-state index contributed by atoms with van der Waals surface area (Å²) in [6, 6.07) is 4.24. The van der Waals surface area contributed by atoms with Crippen molar-refractivity contribution < 1.29 is 0 Å². The van der Waals surface area contributed by atoms with E-state index in [0.29, 0.717) is 0 Å². The molecular weight excluding hydrogens is 344 g/mol. The standard InChI is InChI=1S/C15H17BrN6/c1-20-9-11(8-18-20)22-10-12(16)15-13(22)2-3-14(19-15)21-6-4-17-5-7-21/h2-3,8-10,17H,4-7H2,1H3. The fourth-order valence-corrected chi connectivity index (χ4v) is 3.37. The number of aromatic nitrogens is 4. The SMILES string of the molecule is Cn1cc(-n2cc(Br)c3nc(N4CCNCC4)ccc32)cn1. The summed E-state index contributed by atoms with van der Waals surface area (Å²) in [7, 11) is 1.92.